The van der Waals surface area contributed by atoms with Crippen LogP contribution in [0.4, 0.5) is 0 Å². The normalized spacial score (nSPS) is 15.4. The first-order valence-electron chi connectivity index (χ1n) is 10.8. The number of benzene rings is 1. The summed E-state index contributed by atoms with van der Waals surface area (Å²) < 4.78 is 7.63. The van der Waals surface area contributed by atoms with Crippen molar-refractivity contribution in [3.05, 3.63) is 54.0 Å². The molecule has 1 unspecified atom stereocenters. The van der Waals surface area contributed by atoms with Crippen LogP contribution >= 0.6 is 11.8 Å². The SMILES string of the molecule is CC(Sc1nnc(-c2ccc(C(C)(C)C)cc2)n1Cc1ccco1)C(=O)N1CCCC1. The van der Waals surface area contributed by atoms with E-state index in [4.69, 9.17) is 4.42 Å². The summed E-state index contributed by atoms with van der Waals surface area (Å²) >= 11 is 1.47. The molecule has 0 aliphatic carbocycles. The predicted octanol–water partition coefficient (Wildman–Crippen LogP) is 4.99. The molecule has 1 saturated heterocycles. The first kappa shape index (κ1) is 21.7. The summed E-state index contributed by atoms with van der Waals surface area (Å²) in [7, 11) is 0. The maximum atomic E-state index is 12.8. The Kier molecular flexibility index (Phi) is 6.23. The van der Waals surface area contributed by atoms with E-state index in [0.717, 1.165) is 48.2 Å². The van der Waals surface area contributed by atoms with Crippen LogP contribution in [-0.4, -0.2) is 43.9 Å². The first-order valence-corrected chi connectivity index (χ1v) is 11.7. The third-order valence-electron chi connectivity index (χ3n) is 5.67. The maximum absolute atomic E-state index is 12.8. The molecule has 164 valence electrons. The first-order chi connectivity index (χ1) is 14.8. The molecule has 3 aromatic rings. The summed E-state index contributed by atoms with van der Waals surface area (Å²) in [6, 6.07) is 12.3. The van der Waals surface area contributed by atoms with E-state index in [0.29, 0.717) is 6.54 Å². The topological polar surface area (TPSA) is 64.2 Å². The minimum absolute atomic E-state index is 0.0900. The van der Waals surface area contributed by atoms with Gasteiger partial charge in [-0.15, -0.1) is 10.2 Å². The summed E-state index contributed by atoms with van der Waals surface area (Å²) in [5.41, 5.74) is 2.36. The minimum Gasteiger partial charge on any atom is -0.467 e. The molecule has 0 bridgehead atoms. The second kappa shape index (κ2) is 8.91. The molecule has 0 spiro atoms. The molecule has 2 aromatic heterocycles. The Morgan fingerprint density at radius 1 is 1.13 bits per heavy atom. The van der Waals surface area contributed by atoms with Gasteiger partial charge in [0.1, 0.15) is 5.76 Å². The van der Waals surface area contributed by atoms with E-state index in [2.05, 4.69) is 55.2 Å². The average molecular weight is 439 g/mol. The number of thioether (sulfide) groups is 1. The highest BCUT2D eigenvalue weighted by molar-refractivity contribution is 8.00. The lowest BCUT2D eigenvalue weighted by Gasteiger charge is -2.20. The average Bonchev–Trinajstić information content (AvgIpc) is 3.50. The van der Waals surface area contributed by atoms with Crippen molar-refractivity contribution in [1.82, 2.24) is 19.7 Å². The van der Waals surface area contributed by atoms with Crippen LogP contribution in [0.1, 0.15) is 51.9 Å². The number of carbonyl (C=O) groups excluding carboxylic acids is 1. The van der Waals surface area contributed by atoms with Gasteiger partial charge in [-0.05, 0) is 42.9 Å². The molecule has 0 saturated carbocycles. The summed E-state index contributed by atoms with van der Waals surface area (Å²) in [6.07, 6.45) is 3.85. The van der Waals surface area contributed by atoms with Crippen LogP contribution in [0.5, 0.6) is 0 Å². The monoisotopic (exact) mass is 438 g/mol. The molecule has 1 aliphatic rings. The van der Waals surface area contributed by atoms with Gasteiger partial charge in [-0.25, -0.2) is 0 Å². The summed E-state index contributed by atoms with van der Waals surface area (Å²) in [4.78, 5) is 14.8. The zero-order chi connectivity index (χ0) is 22.0. The Bertz CT molecular complexity index is 1010. The zero-order valence-electron chi connectivity index (χ0n) is 18.7. The van der Waals surface area contributed by atoms with Crippen LogP contribution in [-0.2, 0) is 16.8 Å². The highest BCUT2D eigenvalue weighted by Crippen LogP contribution is 2.30. The summed E-state index contributed by atoms with van der Waals surface area (Å²) in [5.74, 6) is 1.78. The second-order valence-corrected chi connectivity index (χ2v) is 10.4. The maximum Gasteiger partial charge on any atom is 0.235 e. The number of amides is 1. The van der Waals surface area contributed by atoms with Gasteiger partial charge in [-0.3, -0.25) is 9.36 Å². The standard InChI is InChI=1S/C24H30N4O2S/c1-17(22(29)27-13-5-6-14-27)31-23-26-25-21(28(23)16-20-8-7-15-30-20)18-9-11-19(12-10-18)24(2,3)4/h7-12,15,17H,5-6,13-14,16H2,1-4H3. The molecule has 4 rings (SSSR count). The lowest BCUT2D eigenvalue weighted by Crippen LogP contribution is -2.34. The minimum atomic E-state index is -0.214. The third kappa shape index (κ3) is 4.87. The van der Waals surface area contributed by atoms with Crippen molar-refractivity contribution in [2.75, 3.05) is 13.1 Å². The molecular weight excluding hydrogens is 408 g/mol. The van der Waals surface area contributed by atoms with E-state index in [1.165, 1.54) is 17.3 Å². The van der Waals surface area contributed by atoms with E-state index in [1.54, 1.807) is 6.26 Å². The number of hydrogen-bond acceptors (Lipinski definition) is 5. The van der Waals surface area contributed by atoms with Gasteiger partial charge in [-0.1, -0.05) is 56.8 Å². The van der Waals surface area contributed by atoms with Crippen molar-refractivity contribution < 1.29 is 9.21 Å². The summed E-state index contributed by atoms with van der Waals surface area (Å²) in [6.45, 7) is 10.8. The molecular formula is C24H30N4O2S. The van der Waals surface area contributed by atoms with Crippen LogP contribution in [0.3, 0.4) is 0 Å². The molecule has 6 nitrogen and oxygen atoms in total. The van der Waals surface area contributed by atoms with Crippen LogP contribution in [0, 0.1) is 0 Å². The molecule has 1 fully saturated rings. The van der Waals surface area contributed by atoms with Gasteiger partial charge < -0.3 is 9.32 Å². The number of nitrogens with zero attached hydrogens (tertiary/aromatic N) is 4. The number of hydrogen-bond donors (Lipinski definition) is 0. The van der Waals surface area contributed by atoms with Gasteiger partial charge >= 0.3 is 0 Å². The molecule has 1 aromatic carbocycles. The van der Waals surface area contributed by atoms with E-state index >= 15 is 0 Å². The van der Waals surface area contributed by atoms with Crippen LogP contribution < -0.4 is 0 Å². The van der Waals surface area contributed by atoms with Gasteiger partial charge in [0.05, 0.1) is 18.1 Å². The van der Waals surface area contributed by atoms with Gasteiger partial charge in [0.2, 0.25) is 5.91 Å². The lowest BCUT2D eigenvalue weighted by molar-refractivity contribution is -0.129. The Morgan fingerprint density at radius 3 is 2.45 bits per heavy atom. The number of furan rings is 1. The van der Waals surface area contributed by atoms with Gasteiger partial charge in [0.15, 0.2) is 11.0 Å². The fourth-order valence-electron chi connectivity index (χ4n) is 3.81. The van der Waals surface area contributed by atoms with Gasteiger partial charge in [0.25, 0.3) is 0 Å². The number of rotatable bonds is 6. The van der Waals surface area contributed by atoms with Gasteiger partial charge in [0, 0.05) is 18.7 Å². The smallest absolute Gasteiger partial charge is 0.235 e. The molecule has 1 aliphatic heterocycles. The Balaban J connectivity index is 1.63. The fraction of sp³-hybridized carbons (Fsp3) is 0.458. The second-order valence-electron chi connectivity index (χ2n) is 9.09. The third-order valence-corrected chi connectivity index (χ3v) is 6.74. The molecule has 0 N–H and O–H groups in total. The lowest BCUT2D eigenvalue weighted by atomic mass is 9.87. The molecule has 0 radical (unpaired) electrons. The van der Waals surface area contributed by atoms with E-state index in [-0.39, 0.29) is 16.6 Å². The molecule has 31 heavy (non-hydrogen) atoms. The van der Waals surface area contributed by atoms with E-state index < -0.39 is 0 Å². The van der Waals surface area contributed by atoms with Crippen LogP contribution in [0.2, 0.25) is 0 Å². The Morgan fingerprint density at radius 2 is 1.84 bits per heavy atom. The molecule has 3 heterocycles. The largest absolute Gasteiger partial charge is 0.467 e. The molecule has 7 heteroatoms. The Hall–Kier alpha value is -2.54. The number of aromatic nitrogens is 3. The quantitative estimate of drug-likeness (QED) is 0.508. The zero-order valence-corrected chi connectivity index (χ0v) is 19.5. The highest BCUT2D eigenvalue weighted by Gasteiger charge is 2.27. The van der Waals surface area contributed by atoms with Gasteiger partial charge in [-0.2, -0.15) is 0 Å². The van der Waals surface area contributed by atoms with Crippen molar-refractivity contribution in [2.24, 2.45) is 0 Å². The number of carbonyl (C=O) groups is 1. The van der Waals surface area contributed by atoms with E-state index in [9.17, 15) is 4.79 Å². The van der Waals surface area contributed by atoms with Crippen molar-refractivity contribution >= 4 is 17.7 Å². The van der Waals surface area contributed by atoms with Crippen molar-refractivity contribution in [2.45, 2.75) is 62.9 Å². The fourth-order valence-corrected chi connectivity index (χ4v) is 4.75. The summed E-state index contributed by atoms with van der Waals surface area (Å²) in [5, 5.41) is 9.46. The number of likely N-dealkylation sites (tertiary alicyclic amines) is 1. The molecule has 1 amide bonds. The predicted molar refractivity (Wildman–Crippen MR) is 123 cm³/mol. The van der Waals surface area contributed by atoms with E-state index in [1.807, 2.05) is 28.5 Å². The van der Waals surface area contributed by atoms with Crippen molar-refractivity contribution in [3.8, 4) is 11.4 Å². The molecule has 1 atom stereocenters. The van der Waals surface area contributed by atoms with Crippen LogP contribution in [0.15, 0.2) is 52.2 Å². The highest BCUT2D eigenvalue weighted by atomic mass is 32.2. The van der Waals surface area contributed by atoms with Crippen molar-refractivity contribution in [1.29, 1.82) is 0 Å². The van der Waals surface area contributed by atoms with Crippen molar-refractivity contribution in [3.63, 3.8) is 0 Å². The Labute approximate surface area is 188 Å². The van der Waals surface area contributed by atoms with Crippen LogP contribution in [0.25, 0.3) is 11.4 Å².